The molecule has 4 heteroatoms. The van der Waals surface area contributed by atoms with Crippen LogP contribution in [0.3, 0.4) is 0 Å². The number of nitrogens with one attached hydrogen (secondary N) is 1. The molecule has 1 heterocycles. The average Bonchev–Trinajstić information content (AvgIpc) is 2.31. The number of hydrogen-bond donors (Lipinski definition) is 1. The van der Waals surface area contributed by atoms with E-state index in [0.29, 0.717) is 17.1 Å². The maximum atomic E-state index is 5.99. The summed E-state index contributed by atoms with van der Waals surface area (Å²) in [6, 6.07) is 2.35. The van der Waals surface area contributed by atoms with Gasteiger partial charge in [0.1, 0.15) is 16.8 Å². The maximum absolute atomic E-state index is 5.99. The van der Waals surface area contributed by atoms with Crippen molar-refractivity contribution in [2.45, 2.75) is 52.0 Å². The lowest BCUT2D eigenvalue weighted by Crippen LogP contribution is -2.30. The first-order valence-corrected chi connectivity index (χ1v) is 6.87. The average molecular weight is 254 g/mol. The van der Waals surface area contributed by atoms with Gasteiger partial charge in [-0.2, -0.15) is 0 Å². The van der Waals surface area contributed by atoms with Gasteiger partial charge < -0.3 is 5.32 Å². The minimum Gasteiger partial charge on any atom is -0.367 e. The van der Waals surface area contributed by atoms with Crippen LogP contribution in [0.15, 0.2) is 6.07 Å². The summed E-state index contributed by atoms with van der Waals surface area (Å²) in [7, 11) is 0. The van der Waals surface area contributed by atoms with Gasteiger partial charge in [0.05, 0.1) is 0 Å². The third kappa shape index (κ3) is 3.32. The lowest BCUT2D eigenvalue weighted by molar-refractivity contribution is 0.349. The molecule has 1 saturated carbocycles. The van der Waals surface area contributed by atoms with Crippen LogP contribution < -0.4 is 5.32 Å². The van der Waals surface area contributed by atoms with Crippen LogP contribution in [0.2, 0.25) is 5.15 Å². The Morgan fingerprint density at radius 2 is 2.12 bits per heavy atom. The summed E-state index contributed by atoms with van der Waals surface area (Å²) in [5, 5.41) is 4.04. The standard InChI is InChI=1S/C13H20ClN3/c1-3-12-16-11(14)8-13(17-12)15-10-7-5-4-6-9(10)2/h8-10H,3-7H2,1-2H3,(H,15,16,17). The van der Waals surface area contributed by atoms with E-state index >= 15 is 0 Å². The fourth-order valence-corrected chi connectivity index (χ4v) is 2.62. The summed E-state index contributed by atoms with van der Waals surface area (Å²) in [6.07, 6.45) is 6.00. The van der Waals surface area contributed by atoms with Crippen LogP contribution in [0.4, 0.5) is 5.82 Å². The summed E-state index contributed by atoms with van der Waals surface area (Å²) in [5.74, 6) is 2.40. The van der Waals surface area contributed by atoms with Gasteiger partial charge in [0, 0.05) is 18.5 Å². The SMILES string of the molecule is CCc1nc(Cl)cc(NC2CCCCC2C)n1. The Morgan fingerprint density at radius 3 is 2.82 bits per heavy atom. The summed E-state index contributed by atoms with van der Waals surface area (Å²) in [4.78, 5) is 8.65. The number of halogens is 1. The number of aromatic nitrogens is 2. The van der Waals surface area contributed by atoms with Crippen molar-refractivity contribution in [3.63, 3.8) is 0 Å². The molecule has 17 heavy (non-hydrogen) atoms. The molecule has 1 aromatic rings. The molecule has 0 saturated heterocycles. The van der Waals surface area contributed by atoms with Crippen molar-refractivity contribution in [3.05, 3.63) is 17.0 Å². The highest BCUT2D eigenvalue weighted by atomic mass is 35.5. The number of rotatable bonds is 3. The van der Waals surface area contributed by atoms with Crippen LogP contribution in [0.25, 0.3) is 0 Å². The van der Waals surface area contributed by atoms with Crippen molar-refractivity contribution in [1.82, 2.24) is 9.97 Å². The Labute approximate surface area is 108 Å². The van der Waals surface area contributed by atoms with E-state index in [1.165, 1.54) is 25.7 Å². The van der Waals surface area contributed by atoms with Crippen LogP contribution in [0.5, 0.6) is 0 Å². The van der Waals surface area contributed by atoms with Crippen LogP contribution in [0.1, 0.15) is 45.4 Å². The first-order valence-electron chi connectivity index (χ1n) is 6.49. The molecule has 2 atom stereocenters. The predicted molar refractivity (Wildman–Crippen MR) is 71.5 cm³/mol. The van der Waals surface area contributed by atoms with Crippen LogP contribution in [-0.4, -0.2) is 16.0 Å². The van der Waals surface area contributed by atoms with Crippen molar-refractivity contribution in [2.75, 3.05) is 5.32 Å². The van der Waals surface area contributed by atoms with E-state index in [2.05, 4.69) is 22.2 Å². The lowest BCUT2D eigenvalue weighted by Gasteiger charge is -2.30. The first-order chi connectivity index (χ1) is 8.19. The van der Waals surface area contributed by atoms with E-state index < -0.39 is 0 Å². The van der Waals surface area contributed by atoms with Gasteiger partial charge in [-0.05, 0) is 18.8 Å². The summed E-state index contributed by atoms with van der Waals surface area (Å²) < 4.78 is 0. The highest BCUT2D eigenvalue weighted by Gasteiger charge is 2.21. The molecule has 0 spiro atoms. The first kappa shape index (κ1) is 12.6. The van der Waals surface area contributed by atoms with Gasteiger partial charge in [0.15, 0.2) is 0 Å². The predicted octanol–water partition coefficient (Wildman–Crippen LogP) is 3.68. The summed E-state index contributed by atoms with van der Waals surface area (Å²) in [5.41, 5.74) is 0. The Bertz CT molecular complexity index is 381. The van der Waals surface area contributed by atoms with E-state index in [9.17, 15) is 0 Å². The number of nitrogens with zero attached hydrogens (tertiary/aromatic N) is 2. The van der Waals surface area contributed by atoms with Gasteiger partial charge in [-0.15, -0.1) is 0 Å². The Balaban J connectivity index is 2.09. The molecule has 1 fully saturated rings. The molecule has 0 radical (unpaired) electrons. The zero-order valence-electron chi connectivity index (χ0n) is 10.5. The second kappa shape index (κ2) is 5.67. The van der Waals surface area contributed by atoms with E-state index in [-0.39, 0.29) is 0 Å². The highest BCUT2D eigenvalue weighted by molar-refractivity contribution is 6.29. The minimum absolute atomic E-state index is 0.527. The molecule has 3 nitrogen and oxygen atoms in total. The largest absolute Gasteiger partial charge is 0.367 e. The molecule has 2 rings (SSSR count). The second-order valence-electron chi connectivity index (χ2n) is 4.86. The molecule has 2 unspecified atom stereocenters. The van der Waals surface area contributed by atoms with Gasteiger partial charge >= 0.3 is 0 Å². The van der Waals surface area contributed by atoms with Crippen molar-refractivity contribution >= 4 is 17.4 Å². The quantitative estimate of drug-likeness (QED) is 0.835. The van der Waals surface area contributed by atoms with Crippen LogP contribution in [-0.2, 0) is 6.42 Å². The monoisotopic (exact) mass is 253 g/mol. The van der Waals surface area contributed by atoms with Crippen molar-refractivity contribution in [2.24, 2.45) is 5.92 Å². The minimum atomic E-state index is 0.527. The zero-order chi connectivity index (χ0) is 12.3. The smallest absolute Gasteiger partial charge is 0.134 e. The number of anilines is 1. The summed E-state index contributed by atoms with van der Waals surface area (Å²) >= 11 is 5.99. The molecule has 1 aliphatic carbocycles. The van der Waals surface area contributed by atoms with Gasteiger partial charge in [0.2, 0.25) is 0 Å². The van der Waals surface area contributed by atoms with E-state index in [4.69, 9.17) is 11.6 Å². The zero-order valence-corrected chi connectivity index (χ0v) is 11.3. The molecule has 0 aliphatic heterocycles. The topological polar surface area (TPSA) is 37.8 Å². The van der Waals surface area contributed by atoms with Crippen LogP contribution >= 0.6 is 11.6 Å². The molecular weight excluding hydrogens is 234 g/mol. The van der Waals surface area contributed by atoms with E-state index in [1.807, 2.05) is 13.0 Å². The van der Waals surface area contributed by atoms with Crippen molar-refractivity contribution < 1.29 is 0 Å². The van der Waals surface area contributed by atoms with Gasteiger partial charge in [-0.3, -0.25) is 0 Å². The van der Waals surface area contributed by atoms with E-state index in [0.717, 1.165) is 18.1 Å². The Kier molecular flexibility index (Phi) is 4.21. The maximum Gasteiger partial charge on any atom is 0.134 e. The van der Waals surface area contributed by atoms with Crippen molar-refractivity contribution in [1.29, 1.82) is 0 Å². The third-order valence-corrected chi connectivity index (χ3v) is 3.70. The van der Waals surface area contributed by atoms with Gasteiger partial charge in [-0.25, -0.2) is 9.97 Å². The molecule has 0 amide bonds. The summed E-state index contributed by atoms with van der Waals surface area (Å²) in [6.45, 7) is 4.35. The second-order valence-corrected chi connectivity index (χ2v) is 5.25. The third-order valence-electron chi connectivity index (χ3n) is 3.50. The van der Waals surface area contributed by atoms with Gasteiger partial charge in [0.25, 0.3) is 0 Å². The number of aryl methyl sites for hydroxylation is 1. The van der Waals surface area contributed by atoms with Crippen molar-refractivity contribution in [3.8, 4) is 0 Å². The van der Waals surface area contributed by atoms with Gasteiger partial charge in [-0.1, -0.05) is 38.3 Å². The Morgan fingerprint density at radius 1 is 1.35 bits per heavy atom. The molecule has 94 valence electrons. The molecule has 0 aromatic carbocycles. The highest BCUT2D eigenvalue weighted by Crippen LogP contribution is 2.26. The molecule has 1 aromatic heterocycles. The Hall–Kier alpha value is -0.830. The van der Waals surface area contributed by atoms with E-state index in [1.54, 1.807) is 0 Å². The molecule has 1 N–H and O–H groups in total. The molecular formula is C13H20ClN3. The van der Waals surface area contributed by atoms with Crippen LogP contribution in [0, 0.1) is 5.92 Å². The normalized spacial score (nSPS) is 24.6. The fourth-order valence-electron chi connectivity index (χ4n) is 2.42. The lowest BCUT2D eigenvalue weighted by atomic mass is 9.86. The molecule has 0 bridgehead atoms. The molecule has 1 aliphatic rings. The fraction of sp³-hybridized carbons (Fsp3) is 0.692. The number of hydrogen-bond acceptors (Lipinski definition) is 3.